The number of carbonyl (C=O) groups is 2. The molecule has 0 saturated carbocycles. The van der Waals surface area contributed by atoms with Crippen molar-refractivity contribution in [3.05, 3.63) is 94.5 Å². The van der Waals surface area contributed by atoms with E-state index in [-0.39, 0.29) is 17.3 Å². The van der Waals surface area contributed by atoms with E-state index in [9.17, 15) is 18.0 Å². The average molecular weight is 587 g/mol. The first-order valence-electron chi connectivity index (χ1n) is 12.1. The number of hydrogen-bond donors (Lipinski definition) is 1. The van der Waals surface area contributed by atoms with Crippen molar-refractivity contribution in [2.75, 3.05) is 17.4 Å². The summed E-state index contributed by atoms with van der Waals surface area (Å²) >= 11 is 3.41. The van der Waals surface area contributed by atoms with Crippen molar-refractivity contribution < 1.29 is 18.0 Å². The minimum absolute atomic E-state index is 0.0802. The molecule has 0 aliphatic heterocycles. The number of hydrogen-bond acceptors (Lipinski definition) is 4. The molecule has 0 bridgehead atoms. The van der Waals surface area contributed by atoms with E-state index in [0.717, 1.165) is 26.3 Å². The van der Waals surface area contributed by atoms with Crippen molar-refractivity contribution in [1.82, 2.24) is 10.2 Å². The maximum Gasteiger partial charge on any atom is 0.264 e. The van der Waals surface area contributed by atoms with Gasteiger partial charge in [-0.25, -0.2) is 8.42 Å². The number of anilines is 1. The molecule has 3 rings (SSSR count). The summed E-state index contributed by atoms with van der Waals surface area (Å²) in [6, 6.07) is 21.6. The molecule has 0 spiro atoms. The molecule has 9 heteroatoms. The Morgan fingerprint density at radius 2 is 1.57 bits per heavy atom. The Balaban J connectivity index is 1.99. The molecule has 37 heavy (non-hydrogen) atoms. The van der Waals surface area contributed by atoms with Crippen molar-refractivity contribution in [1.29, 1.82) is 0 Å². The van der Waals surface area contributed by atoms with Crippen LogP contribution in [0.2, 0.25) is 0 Å². The van der Waals surface area contributed by atoms with E-state index in [0.29, 0.717) is 12.2 Å². The Hall–Kier alpha value is -3.17. The van der Waals surface area contributed by atoms with Gasteiger partial charge >= 0.3 is 0 Å². The predicted octanol–water partition coefficient (Wildman–Crippen LogP) is 4.90. The van der Waals surface area contributed by atoms with Gasteiger partial charge in [0.1, 0.15) is 12.6 Å². The lowest BCUT2D eigenvalue weighted by Gasteiger charge is -2.32. The summed E-state index contributed by atoms with van der Waals surface area (Å²) in [6.07, 6.45) is 0.760. The highest BCUT2D eigenvalue weighted by Crippen LogP contribution is 2.25. The fourth-order valence-corrected chi connectivity index (χ4v) is 5.42. The van der Waals surface area contributed by atoms with Crippen LogP contribution in [-0.2, 0) is 26.2 Å². The number of sulfonamides is 1. The molecule has 3 aromatic rings. The van der Waals surface area contributed by atoms with Gasteiger partial charge in [0.05, 0.1) is 10.6 Å². The highest BCUT2D eigenvalue weighted by molar-refractivity contribution is 9.10. The lowest BCUT2D eigenvalue weighted by molar-refractivity contribution is -0.139. The molecule has 0 unspecified atom stereocenters. The molecule has 7 nitrogen and oxygen atoms in total. The number of aryl methyl sites for hydroxylation is 1. The summed E-state index contributed by atoms with van der Waals surface area (Å²) in [5.41, 5.74) is 2.15. The van der Waals surface area contributed by atoms with Gasteiger partial charge in [-0.3, -0.25) is 13.9 Å². The highest BCUT2D eigenvalue weighted by Gasteiger charge is 2.32. The summed E-state index contributed by atoms with van der Waals surface area (Å²) in [4.78, 5) is 28.2. The minimum atomic E-state index is -4.06. The number of halogens is 1. The summed E-state index contributed by atoms with van der Waals surface area (Å²) < 4.78 is 29.4. The lowest BCUT2D eigenvalue weighted by Crippen LogP contribution is -2.51. The van der Waals surface area contributed by atoms with Crippen LogP contribution >= 0.6 is 15.9 Å². The molecular weight excluding hydrogens is 554 g/mol. The summed E-state index contributed by atoms with van der Waals surface area (Å²) in [5.74, 6) is -0.776. The maximum atomic E-state index is 13.8. The third kappa shape index (κ3) is 7.42. The average Bonchev–Trinajstić information content (AvgIpc) is 2.90. The van der Waals surface area contributed by atoms with Gasteiger partial charge < -0.3 is 10.2 Å². The summed E-state index contributed by atoms with van der Waals surface area (Å²) in [5, 5.41) is 2.84. The second kappa shape index (κ2) is 12.9. The zero-order valence-corrected chi connectivity index (χ0v) is 23.6. The van der Waals surface area contributed by atoms with E-state index in [4.69, 9.17) is 0 Å². The van der Waals surface area contributed by atoms with Gasteiger partial charge in [0.2, 0.25) is 11.8 Å². The lowest BCUT2D eigenvalue weighted by atomic mass is 10.1. The summed E-state index contributed by atoms with van der Waals surface area (Å²) in [7, 11) is -4.06. The fourth-order valence-electron chi connectivity index (χ4n) is 3.72. The van der Waals surface area contributed by atoms with Crippen LogP contribution in [-0.4, -0.2) is 44.3 Å². The van der Waals surface area contributed by atoms with Crippen LogP contribution in [0.5, 0.6) is 0 Å². The maximum absolute atomic E-state index is 13.8. The topological polar surface area (TPSA) is 86.8 Å². The third-order valence-corrected chi connectivity index (χ3v) is 8.23. The smallest absolute Gasteiger partial charge is 0.264 e. The highest BCUT2D eigenvalue weighted by atomic mass is 79.9. The Kier molecular flexibility index (Phi) is 9.88. The van der Waals surface area contributed by atoms with Gasteiger partial charge in [-0.2, -0.15) is 0 Å². The Morgan fingerprint density at radius 1 is 0.946 bits per heavy atom. The van der Waals surface area contributed by atoms with Crippen LogP contribution in [0.15, 0.2) is 88.2 Å². The largest absolute Gasteiger partial charge is 0.354 e. The van der Waals surface area contributed by atoms with Gasteiger partial charge in [0.25, 0.3) is 10.0 Å². The van der Waals surface area contributed by atoms with Crippen molar-refractivity contribution >= 4 is 43.5 Å². The van der Waals surface area contributed by atoms with Gasteiger partial charge in [0, 0.05) is 17.6 Å². The molecule has 0 fully saturated rings. The standard InChI is InChI=1S/C28H32BrN3O4S/c1-4-18-30-28(34)22(3)31(19-23-12-14-24(29)15-13-23)27(33)20-32(25-16-10-21(2)11-17-25)37(35,36)26-8-6-5-7-9-26/h5-17,22H,4,18-20H2,1-3H3,(H,30,34)/t22-/m1/s1. The first-order chi connectivity index (χ1) is 17.6. The predicted molar refractivity (Wildman–Crippen MR) is 150 cm³/mol. The van der Waals surface area contributed by atoms with Gasteiger partial charge in [0.15, 0.2) is 0 Å². The second-order valence-corrected chi connectivity index (χ2v) is 11.6. The van der Waals surface area contributed by atoms with E-state index in [2.05, 4.69) is 21.2 Å². The quantitative estimate of drug-likeness (QED) is 0.347. The molecule has 0 radical (unpaired) electrons. The zero-order chi connectivity index (χ0) is 27.0. The van der Waals surface area contributed by atoms with E-state index in [1.165, 1.54) is 17.0 Å². The summed E-state index contributed by atoms with van der Waals surface area (Å²) in [6.45, 7) is 5.69. The molecule has 0 saturated heterocycles. The molecule has 2 amide bonds. The van der Waals surface area contributed by atoms with E-state index < -0.39 is 28.5 Å². The normalized spacial score (nSPS) is 12.0. The Morgan fingerprint density at radius 3 is 2.16 bits per heavy atom. The number of rotatable bonds is 11. The van der Waals surface area contributed by atoms with E-state index in [1.54, 1.807) is 49.4 Å². The van der Waals surface area contributed by atoms with Crippen LogP contribution in [0.3, 0.4) is 0 Å². The van der Waals surface area contributed by atoms with Crippen LogP contribution < -0.4 is 9.62 Å². The van der Waals surface area contributed by atoms with Gasteiger partial charge in [-0.05, 0) is 62.2 Å². The molecule has 1 atom stereocenters. The SMILES string of the molecule is CCCNC(=O)[C@@H](C)N(Cc1ccc(Br)cc1)C(=O)CN(c1ccc(C)cc1)S(=O)(=O)c1ccccc1. The first kappa shape index (κ1) is 28.4. The molecule has 0 aliphatic rings. The van der Waals surface area contributed by atoms with Crippen LogP contribution in [0.4, 0.5) is 5.69 Å². The molecule has 3 aromatic carbocycles. The number of nitrogens with one attached hydrogen (secondary N) is 1. The zero-order valence-electron chi connectivity index (χ0n) is 21.2. The van der Waals surface area contributed by atoms with Crippen molar-refractivity contribution in [2.24, 2.45) is 0 Å². The first-order valence-corrected chi connectivity index (χ1v) is 14.3. The molecule has 0 aliphatic carbocycles. The van der Waals surface area contributed by atoms with E-state index >= 15 is 0 Å². The molecular formula is C28H32BrN3O4S. The van der Waals surface area contributed by atoms with Crippen LogP contribution in [0.1, 0.15) is 31.4 Å². The number of carbonyl (C=O) groups excluding carboxylic acids is 2. The second-order valence-electron chi connectivity index (χ2n) is 8.78. The van der Waals surface area contributed by atoms with Gasteiger partial charge in [-0.1, -0.05) is 70.9 Å². The number of benzene rings is 3. The van der Waals surface area contributed by atoms with Crippen molar-refractivity contribution in [2.45, 2.75) is 44.7 Å². The Labute approximate surface area is 227 Å². The molecule has 0 aromatic heterocycles. The minimum Gasteiger partial charge on any atom is -0.354 e. The Bertz CT molecular complexity index is 1300. The molecule has 1 N–H and O–H groups in total. The third-order valence-electron chi connectivity index (χ3n) is 5.91. The van der Waals surface area contributed by atoms with E-state index in [1.807, 2.05) is 38.1 Å². The van der Waals surface area contributed by atoms with Crippen molar-refractivity contribution in [3.8, 4) is 0 Å². The monoisotopic (exact) mass is 585 g/mol. The number of amides is 2. The molecule has 0 heterocycles. The number of nitrogens with zero attached hydrogens (tertiary/aromatic N) is 2. The fraction of sp³-hybridized carbons (Fsp3) is 0.286. The van der Waals surface area contributed by atoms with Crippen molar-refractivity contribution in [3.63, 3.8) is 0 Å². The van der Waals surface area contributed by atoms with Gasteiger partial charge in [-0.15, -0.1) is 0 Å². The molecule has 196 valence electrons. The van der Waals surface area contributed by atoms with Crippen LogP contribution in [0.25, 0.3) is 0 Å². The van der Waals surface area contributed by atoms with Crippen LogP contribution in [0, 0.1) is 6.92 Å².